The summed E-state index contributed by atoms with van der Waals surface area (Å²) in [5, 5.41) is 19.3. The fourth-order valence-corrected chi connectivity index (χ4v) is 5.64. The maximum absolute atomic E-state index is 13.1. The monoisotopic (exact) mass is 858 g/mol. The zero-order chi connectivity index (χ0) is 45.3. The highest BCUT2D eigenvalue weighted by molar-refractivity contribution is 5.95. The number of hydrogen-bond acceptors (Lipinski definition) is 13. The van der Waals surface area contributed by atoms with Gasteiger partial charge in [0.15, 0.2) is 0 Å². The van der Waals surface area contributed by atoms with Gasteiger partial charge >= 0.3 is 5.97 Å². The van der Waals surface area contributed by atoms with Crippen molar-refractivity contribution in [2.24, 2.45) is 5.73 Å². The first-order valence-electron chi connectivity index (χ1n) is 19.5. The molecule has 4 heterocycles. The van der Waals surface area contributed by atoms with Crippen LogP contribution in [0.25, 0.3) is 45.7 Å². The Morgan fingerprint density at radius 2 is 1.08 bits per heavy atom. The number of amides is 1. The van der Waals surface area contributed by atoms with Crippen LogP contribution in [-0.2, 0) is 10.8 Å². The van der Waals surface area contributed by atoms with Crippen molar-refractivity contribution in [1.29, 1.82) is 0 Å². The zero-order valence-electron chi connectivity index (χ0n) is 35.2. The summed E-state index contributed by atoms with van der Waals surface area (Å²) in [4.78, 5) is 40.5. The molecule has 4 aromatic carbocycles. The minimum atomic E-state index is -0.975. The minimum Gasteiger partial charge on any atom is -0.478 e. The van der Waals surface area contributed by atoms with E-state index in [1.165, 1.54) is 36.4 Å². The number of nitrogens with two attached hydrogens (primary N) is 1. The van der Waals surface area contributed by atoms with Crippen LogP contribution in [0.15, 0.2) is 127 Å². The van der Waals surface area contributed by atoms with Crippen molar-refractivity contribution < 1.29 is 41.4 Å². The SMILES string of the molecule is CC(C)(CN)c1coc(-c2ccc(F)cc2)n1.Cc1nc(-c2cccc(C(=O)NCC(C)(C)c3coc(-c4ccc(F)cc4)n3)c2)no1.Cc1nc(-c2cccc(C(=O)O)c2)no1. The molecule has 17 heteroatoms. The van der Waals surface area contributed by atoms with E-state index in [0.29, 0.717) is 76.2 Å². The van der Waals surface area contributed by atoms with Gasteiger partial charge in [0, 0.05) is 65.6 Å². The number of rotatable bonds is 11. The van der Waals surface area contributed by atoms with Crippen LogP contribution >= 0.6 is 0 Å². The summed E-state index contributed by atoms with van der Waals surface area (Å²) in [5.74, 6) is 0.831. The molecule has 0 aliphatic rings. The Kier molecular flexibility index (Phi) is 13.8. The molecule has 8 aromatic rings. The Bertz CT molecular complexity index is 2790. The van der Waals surface area contributed by atoms with E-state index < -0.39 is 11.4 Å². The van der Waals surface area contributed by atoms with Crippen LogP contribution in [0.4, 0.5) is 8.78 Å². The average Bonchev–Trinajstić information content (AvgIpc) is 4.13. The van der Waals surface area contributed by atoms with Crippen molar-refractivity contribution in [2.45, 2.75) is 52.4 Å². The fourth-order valence-electron chi connectivity index (χ4n) is 5.64. The Hall–Kier alpha value is -7.66. The second-order valence-electron chi connectivity index (χ2n) is 15.5. The number of aromatic nitrogens is 6. The minimum absolute atomic E-state index is 0.204. The molecule has 15 nitrogen and oxygen atoms in total. The smallest absolute Gasteiger partial charge is 0.335 e. The van der Waals surface area contributed by atoms with Crippen molar-refractivity contribution in [2.75, 3.05) is 13.1 Å². The molecule has 0 atom stereocenters. The van der Waals surface area contributed by atoms with Gasteiger partial charge in [0.25, 0.3) is 5.91 Å². The van der Waals surface area contributed by atoms with Gasteiger partial charge in [-0.3, -0.25) is 4.79 Å². The first-order chi connectivity index (χ1) is 30.0. The van der Waals surface area contributed by atoms with Crippen LogP contribution in [0, 0.1) is 25.5 Å². The lowest BCUT2D eigenvalue weighted by Crippen LogP contribution is -2.37. The molecule has 0 saturated carbocycles. The van der Waals surface area contributed by atoms with E-state index in [4.69, 9.17) is 28.7 Å². The van der Waals surface area contributed by atoms with E-state index >= 15 is 0 Å². The van der Waals surface area contributed by atoms with Crippen LogP contribution in [0.1, 0.15) is 71.6 Å². The van der Waals surface area contributed by atoms with Crippen LogP contribution < -0.4 is 11.1 Å². The number of nitrogens with zero attached hydrogens (tertiary/aromatic N) is 6. The van der Waals surface area contributed by atoms with Gasteiger partial charge in [-0.25, -0.2) is 23.5 Å². The Labute approximate surface area is 360 Å². The molecule has 0 aliphatic carbocycles. The predicted octanol–water partition coefficient (Wildman–Crippen LogP) is 9.01. The van der Waals surface area contributed by atoms with Gasteiger partial charge in [-0.1, -0.05) is 62.3 Å². The number of halogens is 2. The third kappa shape index (κ3) is 11.6. The second-order valence-corrected chi connectivity index (χ2v) is 15.5. The van der Waals surface area contributed by atoms with Gasteiger partial charge in [0.1, 0.15) is 24.2 Å². The maximum Gasteiger partial charge on any atom is 0.335 e. The molecule has 0 bridgehead atoms. The van der Waals surface area contributed by atoms with Crippen LogP contribution in [-0.4, -0.2) is 60.3 Å². The third-order valence-corrected chi connectivity index (χ3v) is 9.58. The first-order valence-corrected chi connectivity index (χ1v) is 19.5. The lowest BCUT2D eigenvalue weighted by molar-refractivity contribution is 0.0696. The number of aryl methyl sites for hydroxylation is 2. The number of carbonyl (C=O) groups excluding carboxylic acids is 1. The van der Waals surface area contributed by atoms with Gasteiger partial charge in [-0.05, 0) is 72.8 Å². The number of carbonyl (C=O) groups is 2. The lowest BCUT2D eigenvalue weighted by Gasteiger charge is -2.22. The predicted molar refractivity (Wildman–Crippen MR) is 227 cm³/mol. The van der Waals surface area contributed by atoms with Crippen LogP contribution in [0.5, 0.6) is 0 Å². The van der Waals surface area contributed by atoms with Gasteiger partial charge < -0.3 is 34.0 Å². The average molecular weight is 859 g/mol. The summed E-state index contributed by atoms with van der Waals surface area (Å²) in [7, 11) is 0. The number of carboxylic acids is 1. The van der Waals surface area contributed by atoms with Gasteiger partial charge in [0.2, 0.25) is 35.2 Å². The number of oxazole rings is 2. The number of carboxylic acid groups (broad SMARTS) is 1. The summed E-state index contributed by atoms with van der Waals surface area (Å²) in [6.45, 7) is 12.1. The summed E-state index contributed by atoms with van der Waals surface area (Å²) in [5.41, 5.74) is 9.92. The van der Waals surface area contributed by atoms with Crippen molar-refractivity contribution in [3.8, 4) is 45.7 Å². The van der Waals surface area contributed by atoms with E-state index in [1.54, 1.807) is 81.0 Å². The number of hydrogen-bond donors (Lipinski definition) is 3. The van der Waals surface area contributed by atoms with Gasteiger partial charge in [-0.15, -0.1) is 0 Å². The molecule has 63 heavy (non-hydrogen) atoms. The third-order valence-electron chi connectivity index (χ3n) is 9.58. The highest BCUT2D eigenvalue weighted by Crippen LogP contribution is 2.28. The fraction of sp³-hybridized carbons (Fsp3) is 0.217. The van der Waals surface area contributed by atoms with Gasteiger partial charge in [-0.2, -0.15) is 9.97 Å². The van der Waals surface area contributed by atoms with Crippen molar-refractivity contribution >= 4 is 11.9 Å². The maximum atomic E-state index is 13.1. The number of nitrogens with one attached hydrogen (secondary N) is 1. The molecular weight excluding hydrogens is 815 g/mol. The van der Waals surface area contributed by atoms with Crippen molar-refractivity contribution in [1.82, 2.24) is 35.6 Å². The van der Waals surface area contributed by atoms with E-state index in [2.05, 4.69) is 35.6 Å². The Morgan fingerprint density at radius 1 is 0.635 bits per heavy atom. The standard InChI is InChI=1S/C23H21FN4O3.C13H15FN2O.C10H8N2O3/c1-14-26-20(28-31-14)16-5-4-6-17(11-16)21(29)25-13-23(2,3)19-12-30-22(27-19)15-7-9-18(24)10-8-15;1-13(2,8-15)11-7-17-12(16-11)9-3-5-10(14)6-4-9;1-6-11-9(12-15-6)7-3-2-4-8(5-7)10(13)14/h4-12H,13H2,1-3H3,(H,25,29);3-7H,8,15H2,1-2H3;2-5H,1H3,(H,13,14). The summed E-state index contributed by atoms with van der Waals surface area (Å²) >= 11 is 0. The molecule has 1 amide bonds. The Balaban J connectivity index is 0.000000174. The molecular formula is C46H44F2N8O7. The molecule has 8 rings (SSSR count). The number of benzene rings is 4. The summed E-state index contributed by atoms with van der Waals surface area (Å²) < 4.78 is 46.7. The summed E-state index contributed by atoms with van der Waals surface area (Å²) in [6, 6.07) is 25.4. The van der Waals surface area contributed by atoms with Gasteiger partial charge in [0.05, 0.1) is 17.0 Å². The Morgan fingerprint density at radius 3 is 1.51 bits per heavy atom. The highest BCUT2D eigenvalue weighted by atomic mass is 19.1. The molecule has 0 unspecified atom stereocenters. The highest BCUT2D eigenvalue weighted by Gasteiger charge is 2.27. The lowest BCUT2D eigenvalue weighted by atomic mass is 9.90. The van der Waals surface area contributed by atoms with Crippen LogP contribution in [0.3, 0.4) is 0 Å². The van der Waals surface area contributed by atoms with E-state index in [9.17, 15) is 18.4 Å². The summed E-state index contributed by atoms with van der Waals surface area (Å²) in [6.07, 6.45) is 3.16. The topological polar surface area (TPSA) is 222 Å². The molecule has 0 spiro atoms. The molecule has 4 aromatic heterocycles. The van der Waals surface area contributed by atoms with Crippen molar-refractivity contribution in [3.63, 3.8) is 0 Å². The molecule has 4 N–H and O–H groups in total. The van der Waals surface area contributed by atoms with E-state index in [1.807, 2.05) is 33.8 Å². The number of aromatic carboxylic acids is 1. The second kappa shape index (κ2) is 19.4. The van der Waals surface area contributed by atoms with E-state index in [0.717, 1.165) is 11.3 Å². The van der Waals surface area contributed by atoms with Crippen LogP contribution in [0.2, 0.25) is 0 Å². The molecule has 0 radical (unpaired) electrons. The van der Waals surface area contributed by atoms with Crippen molar-refractivity contribution in [3.05, 3.63) is 156 Å². The normalized spacial score (nSPS) is 11.3. The molecule has 0 saturated heterocycles. The quantitative estimate of drug-likeness (QED) is 0.110. The molecule has 324 valence electrons. The molecule has 0 aliphatic heterocycles. The zero-order valence-corrected chi connectivity index (χ0v) is 35.2. The van der Waals surface area contributed by atoms with E-state index in [-0.39, 0.29) is 28.5 Å². The largest absolute Gasteiger partial charge is 0.478 e. The first kappa shape index (κ1) is 44.9. The molecule has 0 fully saturated rings.